The van der Waals surface area contributed by atoms with E-state index in [9.17, 15) is 9.90 Å². The quantitative estimate of drug-likeness (QED) is 0.711. The normalized spacial score (nSPS) is 37.2. The fourth-order valence-corrected chi connectivity index (χ4v) is 3.23. The molecule has 0 aromatic heterocycles. The van der Waals surface area contributed by atoms with E-state index in [-0.39, 0.29) is 24.1 Å². The van der Waals surface area contributed by atoms with Crippen LogP contribution in [-0.4, -0.2) is 29.2 Å². The van der Waals surface area contributed by atoms with E-state index in [1.54, 1.807) is 0 Å². The molecule has 2 rings (SSSR count). The zero-order valence-electron chi connectivity index (χ0n) is 11.1. The number of hydrogen-bond donors (Lipinski definition) is 3. The minimum Gasteiger partial charge on any atom is -0.393 e. The lowest BCUT2D eigenvalue weighted by molar-refractivity contribution is -0.123. The van der Waals surface area contributed by atoms with Gasteiger partial charge in [0.1, 0.15) is 0 Å². The molecule has 0 aromatic carbocycles. The van der Waals surface area contributed by atoms with Crippen LogP contribution in [0.15, 0.2) is 0 Å². The van der Waals surface area contributed by atoms with Gasteiger partial charge in [-0.3, -0.25) is 4.79 Å². The van der Waals surface area contributed by atoms with E-state index in [1.807, 2.05) is 0 Å². The molecule has 0 radical (unpaired) electrons. The van der Waals surface area contributed by atoms with E-state index in [4.69, 9.17) is 5.73 Å². The molecule has 2 aliphatic carbocycles. The topological polar surface area (TPSA) is 75.4 Å². The van der Waals surface area contributed by atoms with Crippen molar-refractivity contribution in [1.82, 2.24) is 5.32 Å². The molecular weight excluding hydrogens is 228 g/mol. The summed E-state index contributed by atoms with van der Waals surface area (Å²) < 4.78 is 0. The highest BCUT2D eigenvalue weighted by molar-refractivity contribution is 5.76. The predicted molar refractivity (Wildman–Crippen MR) is 71.0 cm³/mol. The molecule has 18 heavy (non-hydrogen) atoms. The van der Waals surface area contributed by atoms with Gasteiger partial charge >= 0.3 is 0 Å². The fourth-order valence-electron chi connectivity index (χ4n) is 3.23. The first-order valence-electron chi connectivity index (χ1n) is 7.38. The van der Waals surface area contributed by atoms with Crippen LogP contribution in [0.2, 0.25) is 0 Å². The van der Waals surface area contributed by atoms with Crippen molar-refractivity contribution >= 4 is 5.91 Å². The van der Waals surface area contributed by atoms with Gasteiger partial charge in [-0.15, -0.1) is 0 Å². The Labute approximate surface area is 109 Å². The number of amides is 1. The number of rotatable bonds is 3. The predicted octanol–water partition coefficient (Wildman–Crippen LogP) is 1.31. The van der Waals surface area contributed by atoms with Gasteiger partial charge in [-0.2, -0.15) is 0 Å². The lowest BCUT2D eigenvalue weighted by Gasteiger charge is -2.30. The smallest absolute Gasteiger partial charge is 0.220 e. The number of carbonyl (C=O) groups excluding carboxylic acids is 1. The molecule has 2 fully saturated rings. The Balaban J connectivity index is 1.71. The maximum absolute atomic E-state index is 12.0. The number of hydrogen-bond acceptors (Lipinski definition) is 3. The van der Waals surface area contributed by atoms with E-state index in [0.29, 0.717) is 12.3 Å². The molecule has 0 aliphatic heterocycles. The molecule has 0 spiro atoms. The summed E-state index contributed by atoms with van der Waals surface area (Å²) >= 11 is 0. The number of nitrogens with two attached hydrogens (primary N) is 1. The average molecular weight is 254 g/mol. The van der Waals surface area contributed by atoms with Crippen LogP contribution in [0.3, 0.4) is 0 Å². The van der Waals surface area contributed by atoms with Crippen LogP contribution in [0.4, 0.5) is 0 Å². The maximum Gasteiger partial charge on any atom is 0.220 e. The SMILES string of the molecule is NC1CCCCC1CC(=O)NC1CCC(O)CC1. The molecule has 0 bridgehead atoms. The van der Waals surface area contributed by atoms with Crippen molar-refractivity contribution in [2.24, 2.45) is 11.7 Å². The van der Waals surface area contributed by atoms with Gasteiger partial charge in [0, 0.05) is 18.5 Å². The van der Waals surface area contributed by atoms with E-state index in [1.165, 1.54) is 12.8 Å². The molecular formula is C14H26N2O2. The van der Waals surface area contributed by atoms with Crippen LogP contribution >= 0.6 is 0 Å². The van der Waals surface area contributed by atoms with Crippen molar-refractivity contribution < 1.29 is 9.90 Å². The van der Waals surface area contributed by atoms with E-state index >= 15 is 0 Å². The minimum absolute atomic E-state index is 0.152. The summed E-state index contributed by atoms with van der Waals surface area (Å²) in [6.07, 6.45) is 8.44. The van der Waals surface area contributed by atoms with Gasteiger partial charge in [-0.05, 0) is 44.4 Å². The lowest BCUT2D eigenvalue weighted by Crippen LogP contribution is -2.42. The summed E-state index contributed by atoms with van der Waals surface area (Å²) in [6.45, 7) is 0. The monoisotopic (exact) mass is 254 g/mol. The molecule has 1 amide bonds. The van der Waals surface area contributed by atoms with Gasteiger partial charge in [0.25, 0.3) is 0 Å². The van der Waals surface area contributed by atoms with Crippen LogP contribution in [0.25, 0.3) is 0 Å². The van der Waals surface area contributed by atoms with Crippen LogP contribution in [-0.2, 0) is 4.79 Å². The number of aliphatic hydroxyl groups is 1. The standard InChI is InChI=1S/C14H26N2O2/c15-13-4-2-1-3-10(13)9-14(18)16-11-5-7-12(17)8-6-11/h10-13,17H,1-9,15H2,(H,16,18). The first-order chi connectivity index (χ1) is 8.65. The Bertz CT molecular complexity index is 275. The maximum atomic E-state index is 12.0. The van der Waals surface area contributed by atoms with Gasteiger partial charge in [0.15, 0.2) is 0 Å². The zero-order valence-corrected chi connectivity index (χ0v) is 11.1. The summed E-state index contributed by atoms with van der Waals surface area (Å²) in [5, 5.41) is 12.5. The average Bonchev–Trinajstić information content (AvgIpc) is 2.35. The Morgan fingerprint density at radius 3 is 2.44 bits per heavy atom. The van der Waals surface area contributed by atoms with Crippen molar-refractivity contribution in [2.45, 2.75) is 76.0 Å². The van der Waals surface area contributed by atoms with E-state index in [0.717, 1.165) is 38.5 Å². The summed E-state index contributed by atoms with van der Waals surface area (Å²) in [5.41, 5.74) is 6.07. The lowest BCUT2D eigenvalue weighted by atomic mass is 9.82. The Kier molecular flexibility index (Phi) is 5.01. The number of nitrogens with one attached hydrogen (secondary N) is 1. The first-order valence-corrected chi connectivity index (χ1v) is 7.38. The molecule has 2 unspecified atom stereocenters. The second kappa shape index (κ2) is 6.53. The molecule has 0 heterocycles. The van der Waals surface area contributed by atoms with Gasteiger partial charge < -0.3 is 16.2 Å². The minimum atomic E-state index is -0.162. The molecule has 104 valence electrons. The summed E-state index contributed by atoms with van der Waals surface area (Å²) in [7, 11) is 0. The molecule has 0 saturated heterocycles. The van der Waals surface area contributed by atoms with Crippen LogP contribution in [0, 0.1) is 5.92 Å². The second-order valence-corrected chi connectivity index (χ2v) is 5.99. The van der Waals surface area contributed by atoms with Crippen LogP contribution < -0.4 is 11.1 Å². The molecule has 2 saturated carbocycles. The molecule has 4 N–H and O–H groups in total. The molecule has 2 atom stereocenters. The third kappa shape index (κ3) is 3.95. The second-order valence-electron chi connectivity index (χ2n) is 5.99. The molecule has 4 heteroatoms. The van der Waals surface area contributed by atoms with Crippen molar-refractivity contribution in [3.63, 3.8) is 0 Å². The van der Waals surface area contributed by atoms with Gasteiger partial charge in [0.05, 0.1) is 6.10 Å². The van der Waals surface area contributed by atoms with Crippen molar-refractivity contribution in [3.8, 4) is 0 Å². The summed E-state index contributed by atoms with van der Waals surface area (Å²) in [5.74, 6) is 0.520. The third-order valence-electron chi connectivity index (χ3n) is 4.48. The fraction of sp³-hybridized carbons (Fsp3) is 0.929. The number of aliphatic hydroxyl groups excluding tert-OH is 1. The number of carbonyl (C=O) groups is 1. The third-order valence-corrected chi connectivity index (χ3v) is 4.48. The van der Waals surface area contributed by atoms with Crippen molar-refractivity contribution in [3.05, 3.63) is 0 Å². The van der Waals surface area contributed by atoms with Gasteiger partial charge in [0.2, 0.25) is 5.91 Å². The van der Waals surface area contributed by atoms with Crippen molar-refractivity contribution in [2.75, 3.05) is 0 Å². The zero-order chi connectivity index (χ0) is 13.0. The van der Waals surface area contributed by atoms with Gasteiger partial charge in [-0.25, -0.2) is 0 Å². The van der Waals surface area contributed by atoms with Crippen molar-refractivity contribution in [1.29, 1.82) is 0 Å². The Morgan fingerprint density at radius 1 is 1.11 bits per heavy atom. The Morgan fingerprint density at radius 2 is 1.78 bits per heavy atom. The molecule has 2 aliphatic rings. The highest BCUT2D eigenvalue weighted by Crippen LogP contribution is 2.26. The molecule has 4 nitrogen and oxygen atoms in total. The highest BCUT2D eigenvalue weighted by atomic mass is 16.3. The first kappa shape index (κ1) is 13.8. The molecule has 0 aromatic rings. The van der Waals surface area contributed by atoms with Crippen LogP contribution in [0.1, 0.15) is 57.8 Å². The Hall–Kier alpha value is -0.610. The van der Waals surface area contributed by atoms with Crippen LogP contribution in [0.5, 0.6) is 0 Å². The summed E-state index contributed by atoms with van der Waals surface area (Å²) in [4.78, 5) is 12.0. The largest absolute Gasteiger partial charge is 0.393 e. The van der Waals surface area contributed by atoms with Gasteiger partial charge in [-0.1, -0.05) is 12.8 Å². The highest BCUT2D eigenvalue weighted by Gasteiger charge is 2.26. The van der Waals surface area contributed by atoms with E-state index < -0.39 is 0 Å². The summed E-state index contributed by atoms with van der Waals surface area (Å²) in [6, 6.07) is 0.471. The van der Waals surface area contributed by atoms with E-state index in [2.05, 4.69) is 5.32 Å².